The highest BCUT2D eigenvalue weighted by molar-refractivity contribution is 5.92. The molecule has 5 heteroatoms. The van der Waals surface area contributed by atoms with Gasteiger partial charge in [-0.15, -0.1) is 0 Å². The first-order valence-corrected chi connectivity index (χ1v) is 6.87. The molecular weight excluding hydrogens is 252 g/mol. The molecular formula is C15H18N4O. The van der Waals surface area contributed by atoms with Gasteiger partial charge >= 0.3 is 0 Å². The van der Waals surface area contributed by atoms with Crippen molar-refractivity contribution in [3.8, 4) is 0 Å². The third kappa shape index (κ3) is 3.05. The van der Waals surface area contributed by atoms with Crippen LogP contribution in [0.3, 0.4) is 0 Å². The minimum absolute atomic E-state index is 0.0901. The van der Waals surface area contributed by atoms with Gasteiger partial charge in [-0.05, 0) is 30.7 Å². The summed E-state index contributed by atoms with van der Waals surface area (Å²) < 4.78 is 2.00. The molecule has 0 saturated carbocycles. The molecule has 1 fully saturated rings. The summed E-state index contributed by atoms with van der Waals surface area (Å²) in [6, 6.07) is 7.96. The molecule has 104 valence electrons. The fourth-order valence-corrected chi connectivity index (χ4v) is 2.46. The standard InChI is InChI=1S/C15H18N4O/c20-15(13-4-5-16-9-13)18-14-3-1-2-12(8-14)10-19-7-6-17-11-19/h1-3,6-8,11,13,16H,4-5,9-10H2,(H,18,20). The van der Waals surface area contributed by atoms with Crippen molar-refractivity contribution < 1.29 is 4.79 Å². The summed E-state index contributed by atoms with van der Waals surface area (Å²) in [5.74, 6) is 0.196. The number of aromatic nitrogens is 2. The van der Waals surface area contributed by atoms with Gasteiger partial charge in [-0.1, -0.05) is 12.1 Å². The molecule has 1 atom stereocenters. The number of carbonyl (C=O) groups excluding carboxylic acids is 1. The maximum absolute atomic E-state index is 12.1. The third-order valence-electron chi connectivity index (χ3n) is 3.55. The van der Waals surface area contributed by atoms with Crippen molar-refractivity contribution in [2.24, 2.45) is 5.92 Å². The Kier molecular flexibility index (Phi) is 3.78. The third-order valence-corrected chi connectivity index (χ3v) is 3.55. The molecule has 0 bridgehead atoms. The number of hydrogen-bond acceptors (Lipinski definition) is 3. The summed E-state index contributed by atoms with van der Waals surface area (Å²) >= 11 is 0. The first-order valence-electron chi connectivity index (χ1n) is 6.87. The first kappa shape index (κ1) is 12.9. The van der Waals surface area contributed by atoms with Crippen molar-refractivity contribution in [3.05, 3.63) is 48.5 Å². The van der Waals surface area contributed by atoms with Crippen molar-refractivity contribution >= 4 is 11.6 Å². The Morgan fingerprint density at radius 2 is 2.45 bits per heavy atom. The number of imidazole rings is 1. The zero-order valence-corrected chi connectivity index (χ0v) is 11.2. The molecule has 20 heavy (non-hydrogen) atoms. The van der Waals surface area contributed by atoms with Gasteiger partial charge in [0.05, 0.1) is 12.2 Å². The van der Waals surface area contributed by atoms with Gasteiger partial charge in [0.1, 0.15) is 0 Å². The smallest absolute Gasteiger partial charge is 0.228 e. The maximum Gasteiger partial charge on any atom is 0.228 e. The highest BCUT2D eigenvalue weighted by atomic mass is 16.1. The molecule has 1 aliphatic heterocycles. The van der Waals surface area contributed by atoms with Crippen LogP contribution in [0.25, 0.3) is 0 Å². The van der Waals surface area contributed by atoms with E-state index in [1.54, 1.807) is 12.5 Å². The number of carbonyl (C=O) groups is 1. The van der Waals surface area contributed by atoms with E-state index in [9.17, 15) is 4.79 Å². The number of rotatable bonds is 4. The van der Waals surface area contributed by atoms with Crippen LogP contribution >= 0.6 is 0 Å². The minimum atomic E-state index is 0.0901. The van der Waals surface area contributed by atoms with E-state index in [1.165, 1.54) is 0 Å². The number of nitrogens with one attached hydrogen (secondary N) is 2. The molecule has 1 unspecified atom stereocenters. The lowest BCUT2D eigenvalue weighted by molar-refractivity contribution is -0.119. The Hall–Kier alpha value is -2.14. The largest absolute Gasteiger partial charge is 0.333 e. The predicted molar refractivity (Wildman–Crippen MR) is 77.4 cm³/mol. The van der Waals surface area contributed by atoms with Crippen LogP contribution in [0.2, 0.25) is 0 Å². The summed E-state index contributed by atoms with van der Waals surface area (Å²) in [4.78, 5) is 16.1. The minimum Gasteiger partial charge on any atom is -0.333 e. The van der Waals surface area contributed by atoms with Crippen molar-refractivity contribution in [3.63, 3.8) is 0 Å². The topological polar surface area (TPSA) is 59.0 Å². The van der Waals surface area contributed by atoms with Crippen LogP contribution in [0.4, 0.5) is 5.69 Å². The average molecular weight is 270 g/mol. The highest BCUT2D eigenvalue weighted by Gasteiger charge is 2.22. The fraction of sp³-hybridized carbons (Fsp3) is 0.333. The van der Waals surface area contributed by atoms with Gasteiger partial charge in [-0.2, -0.15) is 0 Å². The molecule has 1 aliphatic rings. The molecule has 2 heterocycles. The molecule has 0 radical (unpaired) electrons. The monoisotopic (exact) mass is 270 g/mol. The van der Waals surface area contributed by atoms with Crippen LogP contribution in [0, 0.1) is 5.92 Å². The Balaban J connectivity index is 1.66. The van der Waals surface area contributed by atoms with Crippen molar-refractivity contribution in [2.75, 3.05) is 18.4 Å². The number of hydrogen-bond donors (Lipinski definition) is 2. The van der Waals surface area contributed by atoms with E-state index in [-0.39, 0.29) is 11.8 Å². The SMILES string of the molecule is O=C(Nc1cccc(Cn2ccnc2)c1)C1CCNC1. The van der Waals surface area contributed by atoms with Gasteiger partial charge in [0.25, 0.3) is 0 Å². The van der Waals surface area contributed by atoms with E-state index in [4.69, 9.17) is 0 Å². The van der Waals surface area contributed by atoms with Gasteiger partial charge in [-0.3, -0.25) is 4.79 Å². The lowest BCUT2D eigenvalue weighted by atomic mass is 10.1. The summed E-state index contributed by atoms with van der Waals surface area (Å²) in [5, 5.41) is 6.21. The van der Waals surface area contributed by atoms with Crippen LogP contribution in [0.5, 0.6) is 0 Å². The molecule has 5 nitrogen and oxygen atoms in total. The van der Waals surface area contributed by atoms with Gasteiger partial charge in [0.15, 0.2) is 0 Å². The molecule has 1 saturated heterocycles. The number of amides is 1. The van der Waals surface area contributed by atoms with Crippen LogP contribution in [-0.2, 0) is 11.3 Å². The second-order valence-corrected chi connectivity index (χ2v) is 5.11. The van der Waals surface area contributed by atoms with Gasteiger partial charge in [0.2, 0.25) is 5.91 Å². The lowest BCUT2D eigenvalue weighted by Crippen LogP contribution is -2.24. The molecule has 1 aromatic carbocycles. The zero-order valence-electron chi connectivity index (χ0n) is 11.2. The Bertz CT molecular complexity index is 573. The second kappa shape index (κ2) is 5.88. The Morgan fingerprint density at radius 1 is 1.50 bits per heavy atom. The number of nitrogens with zero attached hydrogens (tertiary/aromatic N) is 2. The van der Waals surface area contributed by atoms with Crippen LogP contribution in [0.15, 0.2) is 43.0 Å². The maximum atomic E-state index is 12.1. The van der Waals surface area contributed by atoms with Crippen LogP contribution < -0.4 is 10.6 Å². The quantitative estimate of drug-likeness (QED) is 0.884. The Labute approximate surface area is 118 Å². The number of anilines is 1. The van der Waals surface area contributed by atoms with E-state index in [0.717, 1.165) is 37.3 Å². The van der Waals surface area contributed by atoms with Crippen LogP contribution in [-0.4, -0.2) is 28.5 Å². The van der Waals surface area contributed by atoms with E-state index in [1.807, 2.05) is 35.0 Å². The molecule has 2 aromatic rings. The first-order chi connectivity index (χ1) is 9.81. The molecule has 0 aliphatic carbocycles. The van der Waals surface area contributed by atoms with Crippen molar-refractivity contribution in [2.45, 2.75) is 13.0 Å². The second-order valence-electron chi connectivity index (χ2n) is 5.11. The fourth-order valence-electron chi connectivity index (χ4n) is 2.46. The van der Waals surface area contributed by atoms with Crippen molar-refractivity contribution in [1.82, 2.24) is 14.9 Å². The zero-order chi connectivity index (χ0) is 13.8. The van der Waals surface area contributed by atoms with E-state index in [2.05, 4.69) is 15.6 Å². The average Bonchev–Trinajstić information content (AvgIpc) is 3.12. The molecule has 3 rings (SSSR count). The highest BCUT2D eigenvalue weighted by Crippen LogP contribution is 2.15. The summed E-state index contributed by atoms with van der Waals surface area (Å²) in [7, 11) is 0. The van der Waals surface area contributed by atoms with E-state index < -0.39 is 0 Å². The molecule has 1 amide bonds. The van der Waals surface area contributed by atoms with Gasteiger partial charge < -0.3 is 15.2 Å². The molecule has 2 N–H and O–H groups in total. The number of benzene rings is 1. The normalized spacial score (nSPS) is 18.1. The predicted octanol–water partition coefficient (Wildman–Crippen LogP) is 1.48. The summed E-state index contributed by atoms with van der Waals surface area (Å²) in [5.41, 5.74) is 2.00. The van der Waals surface area contributed by atoms with Gasteiger partial charge in [-0.25, -0.2) is 4.98 Å². The van der Waals surface area contributed by atoms with E-state index >= 15 is 0 Å². The lowest BCUT2D eigenvalue weighted by Gasteiger charge is -2.11. The summed E-state index contributed by atoms with van der Waals surface area (Å²) in [6.45, 7) is 2.47. The van der Waals surface area contributed by atoms with E-state index in [0.29, 0.717) is 0 Å². The van der Waals surface area contributed by atoms with Gasteiger partial charge in [0, 0.05) is 31.2 Å². The Morgan fingerprint density at radius 3 is 3.20 bits per heavy atom. The van der Waals surface area contributed by atoms with Crippen molar-refractivity contribution in [1.29, 1.82) is 0 Å². The molecule has 1 aromatic heterocycles. The molecule has 0 spiro atoms. The summed E-state index contributed by atoms with van der Waals surface area (Å²) in [6.07, 6.45) is 6.39. The van der Waals surface area contributed by atoms with Crippen LogP contribution in [0.1, 0.15) is 12.0 Å².